The summed E-state index contributed by atoms with van der Waals surface area (Å²) < 4.78 is 26.6. The third-order valence-corrected chi connectivity index (χ3v) is 6.70. The first-order valence-electron chi connectivity index (χ1n) is 9.04. The summed E-state index contributed by atoms with van der Waals surface area (Å²) in [6, 6.07) is 13.9. The highest BCUT2D eigenvalue weighted by atomic mass is 32.2. The van der Waals surface area contributed by atoms with Gasteiger partial charge in [-0.25, -0.2) is 13.4 Å². The molecule has 0 bridgehead atoms. The molecule has 0 N–H and O–H groups in total. The van der Waals surface area contributed by atoms with Crippen LogP contribution in [-0.4, -0.2) is 44.0 Å². The Bertz CT molecular complexity index is 978. The predicted octanol–water partition coefficient (Wildman–Crippen LogP) is 3.20. The molecule has 0 unspecified atom stereocenters. The number of para-hydroxylation sites is 1. The lowest BCUT2D eigenvalue weighted by Crippen LogP contribution is -2.30. The van der Waals surface area contributed by atoms with Crippen LogP contribution < -0.4 is 4.90 Å². The van der Waals surface area contributed by atoms with Crippen LogP contribution in [0.3, 0.4) is 0 Å². The number of carbonyl (C=O) groups is 1. The molecule has 0 atom stereocenters. The Balaban J connectivity index is 1.96. The predicted molar refractivity (Wildman–Crippen MR) is 107 cm³/mol. The zero-order valence-corrected chi connectivity index (χ0v) is 16.5. The number of nitrogens with zero attached hydrogens (tertiary/aromatic N) is 3. The Morgan fingerprint density at radius 1 is 0.963 bits per heavy atom. The first-order valence-corrected chi connectivity index (χ1v) is 10.5. The largest absolute Gasteiger partial charge is 0.307 e. The molecule has 27 heavy (non-hydrogen) atoms. The average Bonchev–Trinajstić information content (AvgIpc) is 2.94. The highest BCUT2D eigenvalue weighted by Crippen LogP contribution is 2.30. The molecule has 0 spiro atoms. The molecule has 0 fully saturated rings. The minimum atomic E-state index is -3.51. The van der Waals surface area contributed by atoms with E-state index in [1.807, 2.05) is 45.0 Å². The summed E-state index contributed by atoms with van der Waals surface area (Å²) in [4.78, 5) is 19.1. The summed E-state index contributed by atoms with van der Waals surface area (Å²) >= 11 is 0. The van der Waals surface area contributed by atoms with Gasteiger partial charge in [0, 0.05) is 25.2 Å². The van der Waals surface area contributed by atoms with Crippen LogP contribution in [0.25, 0.3) is 0 Å². The monoisotopic (exact) mass is 385 g/mol. The lowest BCUT2D eigenvalue weighted by molar-refractivity contribution is -0.112. The Morgan fingerprint density at radius 2 is 1.59 bits per heavy atom. The first kappa shape index (κ1) is 19.3. The molecule has 3 rings (SSSR count). The third kappa shape index (κ3) is 3.40. The fourth-order valence-electron chi connectivity index (χ4n) is 3.22. The molecular weight excluding hydrogens is 362 g/mol. The molecular formula is C20H23N3O3S. The Kier molecular flexibility index (Phi) is 5.43. The molecule has 0 aromatic heterocycles. The smallest absolute Gasteiger partial charge is 0.277 e. The summed E-state index contributed by atoms with van der Waals surface area (Å²) in [6.07, 6.45) is 0. The summed E-state index contributed by atoms with van der Waals surface area (Å²) in [6.45, 7) is 6.94. The van der Waals surface area contributed by atoms with Crippen molar-refractivity contribution in [2.24, 2.45) is 4.99 Å². The van der Waals surface area contributed by atoms with Gasteiger partial charge in [0.1, 0.15) is 5.71 Å². The van der Waals surface area contributed by atoms with Crippen LogP contribution in [0.1, 0.15) is 26.3 Å². The minimum Gasteiger partial charge on any atom is -0.307 e. The standard InChI is InChI=1S/C20H23N3O3S/c1-4-22(5-2)27(25,26)16-13-11-15(12-14-16)21-19-17-9-7-8-10-18(17)23(6-3)20(19)24/h7-14H,4-6H2,1-3H3. The topological polar surface area (TPSA) is 70.0 Å². The van der Waals surface area contributed by atoms with Gasteiger partial charge in [-0.3, -0.25) is 4.79 Å². The van der Waals surface area contributed by atoms with Gasteiger partial charge in [0.15, 0.2) is 0 Å². The van der Waals surface area contributed by atoms with E-state index in [0.717, 1.165) is 11.3 Å². The van der Waals surface area contributed by atoms with Crippen molar-refractivity contribution < 1.29 is 13.2 Å². The number of aliphatic imine (C=N–C) groups is 1. The highest BCUT2D eigenvalue weighted by Gasteiger charge is 2.32. The van der Waals surface area contributed by atoms with Crippen LogP contribution in [0.5, 0.6) is 0 Å². The van der Waals surface area contributed by atoms with E-state index in [1.165, 1.54) is 16.4 Å². The van der Waals surface area contributed by atoms with E-state index in [9.17, 15) is 13.2 Å². The molecule has 7 heteroatoms. The molecule has 6 nitrogen and oxygen atoms in total. The maximum atomic E-state index is 12.7. The first-order chi connectivity index (χ1) is 12.9. The van der Waals surface area contributed by atoms with Gasteiger partial charge >= 0.3 is 0 Å². The molecule has 142 valence electrons. The van der Waals surface area contributed by atoms with Crippen molar-refractivity contribution in [2.75, 3.05) is 24.5 Å². The van der Waals surface area contributed by atoms with Gasteiger partial charge in [0.2, 0.25) is 10.0 Å². The molecule has 0 saturated heterocycles. The Labute approximate surface area is 160 Å². The second-order valence-corrected chi connectivity index (χ2v) is 8.05. The highest BCUT2D eigenvalue weighted by molar-refractivity contribution is 7.89. The number of likely N-dealkylation sites (N-methyl/N-ethyl adjacent to an activating group) is 1. The van der Waals surface area contributed by atoms with Gasteiger partial charge in [-0.05, 0) is 37.3 Å². The summed E-state index contributed by atoms with van der Waals surface area (Å²) in [5.41, 5.74) is 2.57. The van der Waals surface area contributed by atoms with Crippen molar-refractivity contribution >= 4 is 33.0 Å². The number of rotatable bonds is 6. The van der Waals surface area contributed by atoms with Gasteiger partial charge in [-0.2, -0.15) is 4.31 Å². The molecule has 1 amide bonds. The van der Waals surface area contributed by atoms with E-state index < -0.39 is 10.0 Å². The molecule has 2 aromatic rings. The van der Waals surface area contributed by atoms with Gasteiger partial charge in [-0.15, -0.1) is 0 Å². The average molecular weight is 385 g/mol. The number of fused-ring (bicyclic) bond motifs is 1. The molecule has 2 aromatic carbocycles. The molecule has 1 aliphatic rings. The van der Waals surface area contributed by atoms with Crippen LogP contribution in [0.4, 0.5) is 11.4 Å². The van der Waals surface area contributed by atoms with Crippen LogP contribution >= 0.6 is 0 Å². The molecule has 1 heterocycles. The maximum absolute atomic E-state index is 12.7. The number of hydrogen-bond donors (Lipinski definition) is 0. The Morgan fingerprint density at radius 3 is 2.19 bits per heavy atom. The second kappa shape index (κ2) is 7.62. The van der Waals surface area contributed by atoms with E-state index in [-0.39, 0.29) is 10.8 Å². The molecule has 0 saturated carbocycles. The van der Waals surface area contributed by atoms with E-state index >= 15 is 0 Å². The molecule has 0 aliphatic carbocycles. The van der Waals surface area contributed by atoms with E-state index in [0.29, 0.717) is 31.0 Å². The van der Waals surface area contributed by atoms with Crippen molar-refractivity contribution in [2.45, 2.75) is 25.7 Å². The zero-order chi connectivity index (χ0) is 19.6. The number of amides is 1. The lowest BCUT2D eigenvalue weighted by atomic mass is 10.1. The van der Waals surface area contributed by atoms with Crippen molar-refractivity contribution in [3.05, 3.63) is 54.1 Å². The number of carbonyl (C=O) groups excluding carboxylic acids is 1. The van der Waals surface area contributed by atoms with Crippen molar-refractivity contribution in [3.63, 3.8) is 0 Å². The molecule has 0 radical (unpaired) electrons. The maximum Gasteiger partial charge on any atom is 0.277 e. The summed E-state index contributed by atoms with van der Waals surface area (Å²) in [5.74, 6) is -0.140. The quantitative estimate of drug-likeness (QED) is 0.767. The third-order valence-electron chi connectivity index (χ3n) is 4.63. The van der Waals surface area contributed by atoms with Gasteiger partial charge in [0.05, 0.1) is 16.3 Å². The van der Waals surface area contributed by atoms with Crippen LogP contribution in [0.2, 0.25) is 0 Å². The fraction of sp³-hybridized carbons (Fsp3) is 0.300. The summed E-state index contributed by atoms with van der Waals surface area (Å²) in [7, 11) is -3.51. The van der Waals surface area contributed by atoms with Crippen molar-refractivity contribution in [1.82, 2.24) is 4.31 Å². The minimum absolute atomic E-state index is 0.140. The van der Waals surface area contributed by atoms with Crippen molar-refractivity contribution in [1.29, 1.82) is 0 Å². The number of hydrogen-bond acceptors (Lipinski definition) is 4. The normalized spacial score (nSPS) is 15.6. The van der Waals surface area contributed by atoms with Crippen LogP contribution in [0.15, 0.2) is 58.4 Å². The van der Waals surface area contributed by atoms with Gasteiger partial charge in [0.25, 0.3) is 5.91 Å². The number of sulfonamides is 1. The van der Waals surface area contributed by atoms with E-state index in [1.54, 1.807) is 17.0 Å². The Hall–Kier alpha value is -2.51. The van der Waals surface area contributed by atoms with E-state index in [4.69, 9.17) is 0 Å². The fourth-order valence-corrected chi connectivity index (χ4v) is 4.68. The van der Waals surface area contributed by atoms with E-state index in [2.05, 4.69) is 4.99 Å². The van der Waals surface area contributed by atoms with Crippen LogP contribution in [-0.2, 0) is 14.8 Å². The number of anilines is 1. The zero-order valence-electron chi connectivity index (χ0n) is 15.7. The SMILES string of the molecule is CCN1C(=O)C(=Nc2ccc(S(=O)(=O)N(CC)CC)cc2)c2ccccc21. The van der Waals surface area contributed by atoms with Gasteiger partial charge in [-0.1, -0.05) is 32.0 Å². The number of benzene rings is 2. The summed E-state index contributed by atoms with van der Waals surface area (Å²) in [5, 5.41) is 0. The lowest BCUT2D eigenvalue weighted by Gasteiger charge is -2.18. The second-order valence-electron chi connectivity index (χ2n) is 6.11. The molecule has 1 aliphatic heterocycles. The van der Waals surface area contributed by atoms with Crippen molar-refractivity contribution in [3.8, 4) is 0 Å². The van der Waals surface area contributed by atoms with Crippen LogP contribution in [0, 0.1) is 0 Å². The van der Waals surface area contributed by atoms with Gasteiger partial charge < -0.3 is 4.90 Å².